The second-order valence-electron chi connectivity index (χ2n) is 5.26. The van der Waals surface area contributed by atoms with Crippen molar-refractivity contribution < 1.29 is 19.1 Å². The molecule has 0 spiro atoms. The second-order valence-corrected chi connectivity index (χ2v) is 6.11. The van der Waals surface area contributed by atoms with Crippen LogP contribution in [0.25, 0.3) is 10.6 Å². The van der Waals surface area contributed by atoms with E-state index in [-0.39, 0.29) is 12.3 Å². The minimum Gasteiger partial charge on any atom is -0.497 e. The number of esters is 1. The Labute approximate surface area is 154 Å². The molecule has 0 radical (unpaired) electrons. The van der Waals surface area contributed by atoms with Crippen molar-refractivity contribution in [2.45, 2.75) is 0 Å². The lowest BCUT2D eigenvalue weighted by Crippen LogP contribution is -2.21. The van der Waals surface area contributed by atoms with Crippen LogP contribution in [0.5, 0.6) is 5.75 Å². The van der Waals surface area contributed by atoms with Gasteiger partial charge in [-0.3, -0.25) is 4.79 Å². The van der Waals surface area contributed by atoms with E-state index in [1.54, 1.807) is 36.8 Å². The molecule has 0 aliphatic rings. The van der Waals surface area contributed by atoms with Crippen LogP contribution < -0.4 is 10.1 Å². The van der Waals surface area contributed by atoms with Crippen molar-refractivity contribution in [3.63, 3.8) is 0 Å². The number of benzene rings is 2. The molecule has 0 fully saturated rings. The van der Waals surface area contributed by atoms with Gasteiger partial charge >= 0.3 is 5.97 Å². The first kappa shape index (κ1) is 17.6. The summed E-state index contributed by atoms with van der Waals surface area (Å²) in [6.07, 6.45) is 0. The Morgan fingerprint density at radius 2 is 1.81 bits per heavy atom. The van der Waals surface area contributed by atoms with Crippen molar-refractivity contribution >= 4 is 28.9 Å². The standard InChI is InChI=1S/C19H16N2O4S/c1-24-15-9-7-14(8-10-15)20-17(22)11-25-19(23)16-12-26-18(21-16)13-5-3-2-4-6-13/h2-10,12H,11H2,1H3,(H,20,22). The van der Waals surface area contributed by atoms with Gasteiger partial charge in [0.25, 0.3) is 5.91 Å². The van der Waals surface area contributed by atoms with E-state index in [0.29, 0.717) is 11.4 Å². The molecule has 6 nitrogen and oxygen atoms in total. The van der Waals surface area contributed by atoms with Gasteiger partial charge in [0.05, 0.1) is 7.11 Å². The van der Waals surface area contributed by atoms with Gasteiger partial charge in [-0.2, -0.15) is 0 Å². The van der Waals surface area contributed by atoms with Crippen molar-refractivity contribution in [1.82, 2.24) is 4.98 Å². The molecule has 3 aromatic rings. The number of carbonyl (C=O) groups is 2. The van der Waals surface area contributed by atoms with Crippen LogP contribution in [-0.2, 0) is 9.53 Å². The highest BCUT2D eigenvalue weighted by atomic mass is 32.1. The minimum absolute atomic E-state index is 0.186. The summed E-state index contributed by atoms with van der Waals surface area (Å²) < 4.78 is 10.1. The predicted octanol–water partition coefficient (Wildman–Crippen LogP) is 3.61. The molecule has 1 heterocycles. The van der Waals surface area contributed by atoms with Crippen molar-refractivity contribution in [1.29, 1.82) is 0 Å². The normalized spacial score (nSPS) is 10.2. The van der Waals surface area contributed by atoms with E-state index >= 15 is 0 Å². The molecule has 0 aliphatic carbocycles. The van der Waals surface area contributed by atoms with Gasteiger partial charge in [-0.05, 0) is 24.3 Å². The molecule has 0 atom stereocenters. The molecule has 0 aliphatic heterocycles. The molecule has 132 valence electrons. The summed E-state index contributed by atoms with van der Waals surface area (Å²) in [6.45, 7) is -0.386. The summed E-state index contributed by atoms with van der Waals surface area (Å²) >= 11 is 1.35. The summed E-state index contributed by atoms with van der Waals surface area (Å²) in [5, 5.41) is 4.98. The van der Waals surface area contributed by atoms with Crippen molar-refractivity contribution in [2.24, 2.45) is 0 Å². The van der Waals surface area contributed by atoms with E-state index in [1.807, 2.05) is 30.3 Å². The number of rotatable bonds is 6. The van der Waals surface area contributed by atoms with Crippen LogP contribution in [0.2, 0.25) is 0 Å². The lowest BCUT2D eigenvalue weighted by atomic mass is 10.2. The lowest BCUT2D eigenvalue weighted by molar-refractivity contribution is -0.119. The number of methoxy groups -OCH3 is 1. The highest BCUT2D eigenvalue weighted by molar-refractivity contribution is 7.13. The lowest BCUT2D eigenvalue weighted by Gasteiger charge is -2.06. The summed E-state index contributed by atoms with van der Waals surface area (Å²) in [7, 11) is 1.56. The Bertz CT molecular complexity index is 891. The fourth-order valence-corrected chi connectivity index (χ4v) is 2.95. The zero-order valence-corrected chi connectivity index (χ0v) is 14.8. The number of anilines is 1. The van der Waals surface area contributed by atoms with E-state index in [4.69, 9.17) is 9.47 Å². The van der Waals surface area contributed by atoms with Gasteiger partial charge in [-0.25, -0.2) is 9.78 Å². The van der Waals surface area contributed by atoms with Gasteiger partial charge in [0.2, 0.25) is 0 Å². The third kappa shape index (κ3) is 4.46. The van der Waals surface area contributed by atoms with Crippen LogP contribution in [0.3, 0.4) is 0 Å². The first-order valence-corrected chi connectivity index (χ1v) is 8.65. The Morgan fingerprint density at radius 3 is 2.50 bits per heavy atom. The maximum absolute atomic E-state index is 12.1. The number of carbonyl (C=O) groups excluding carboxylic acids is 2. The van der Waals surface area contributed by atoms with Gasteiger partial charge in [0, 0.05) is 16.6 Å². The highest BCUT2D eigenvalue weighted by Crippen LogP contribution is 2.23. The molecule has 1 aromatic heterocycles. The number of ether oxygens (including phenoxy) is 2. The number of amides is 1. The Balaban J connectivity index is 1.53. The summed E-state index contributed by atoms with van der Waals surface area (Å²) in [6, 6.07) is 16.4. The van der Waals surface area contributed by atoms with E-state index in [2.05, 4.69) is 10.3 Å². The fourth-order valence-electron chi connectivity index (χ4n) is 2.16. The Hall–Kier alpha value is -3.19. The Morgan fingerprint density at radius 1 is 1.08 bits per heavy atom. The molecule has 2 aromatic carbocycles. The molecule has 3 rings (SSSR count). The number of aromatic nitrogens is 1. The van der Waals surface area contributed by atoms with Crippen LogP contribution >= 0.6 is 11.3 Å². The molecule has 0 saturated carbocycles. The number of nitrogens with one attached hydrogen (secondary N) is 1. The minimum atomic E-state index is -0.631. The molecule has 1 amide bonds. The van der Waals surface area contributed by atoms with E-state index < -0.39 is 11.9 Å². The topological polar surface area (TPSA) is 77.5 Å². The van der Waals surface area contributed by atoms with Gasteiger partial charge < -0.3 is 14.8 Å². The quantitative estimate of drug-likeness (QED) is 0.673. The molecule has 26 heavy (non-hydrogen) atoms. The van der Waals surface area contributed by atoms with Gasteiger partial charge in [0.1, 0.15) is 10.8 Å². The average Bonchev–Trinajstić information content (AvgIpc) is 3.18. The number of hydrogen-bond donors (Lipinski definition) is 1. The average molecular weight is 368 g/mol. The van der Waals surface area contributed by atoms with Crippen LogP contribution in [0.4, 0.5) is 5.69 Å². The monoisotopic (exact) mass is 368 g/mol. The van der Waals surface area contributed by atoms with Crippen LogP contribution in [0.15, 0.2) is 60.0 Å². The highest BCUT2D eigenvalue weighted by Gasteiger charge is 2.15. The van der Waals surface area contributed by atoms with Crippen LogP contribution in [0.1, 0.15) is 10.5 Å². The largest absolute Gasteiger partial charge is 0.497 e. The summed E-state index contributed by atoms with van der Waals surface area (Å²) in [4.78, 5) is 28.2. The third-order valence-corrected chi connectivity index (χ3v) is 4.33. The number of hydrogen-bond acceptors (Lipinski definition) is 6. The molecular formula is C19H16N2O4S. The molecular weight excluding hydrogens is 352 g/mol. The first-order valence-electron chi connectivity index (χ1n) is 7.77. The van der Waals surface area contributed by atoms with Crippen molar-refractivity contribution in [3.8, 4) is 16.3 Å². The Kier molecular flexibility index (Phi) is 5.60. The van der Waals surface area contributed by atoms with Crippen molar-refractivity contribution in [3.05, 3.63) is 65.7 Å². The maximum Gasteiger partial charge on any atom is 0.358 e. The fraction of sp³-hybridized carbons (Fsp3) is 0.105. The van der Waals surface area contributed by atoms with Gasteiger partial charge in [-0.1, -0.05) is 30.3 Å². The third-order valence-electron chi connectivity index (χ3n) is 3.44. The SMILES string of the molecule is COc1ccc(NC(=O)COC(=O)c2csc(-c3ccccc3)n2)cc1. The maximum atomic E-state index is 12.1. The molecule has 0 unspecified atom stereocenters. The van der Waals surface area contributed by atoms with Crippen LogP contribution in [-0.4, -0.2) is 30.6 Å². The summed E-state index contributed by atoms with van der Waals surface area (Å²) in [5.74, 6) is -0.373. The smallest absolute Gasteiger partial charge is 0.358 e. The molecule has 7 heteroatoms. The molecule has 1 N–H and O–H groups in total. The van der Waals surface area contributed by atoms with Gasteiger partial charge in [-0.15, -0.1) is 11.3 Å². The van der Waals surface area contributed by atoms with E-state index in [0.717, 1.165) is 10.6 Å². The second kappa shape index (κ2) is 8.26. The number of thiazole rings is 1. The summed E-state index contributed by atoms with van der Waals surface area (Å²) in [5.41, 5.74) is 1.70. The van der Waals surface area contributed by atoms with E-state index in [1.165, 1.54) is 11.3 Å². The first-order chi connectivity index (χ1) is 12.7. The number of nitrogens with zero attached hydrogens (tertiary/aromatic N) is 1. The van der Waals surface area contributed by atoms with E-state index in [9.17, 15) is 9.59 Å². The molecule has 0 bridgehead atoms. The zero-order chi connectivity index (χ0) is 18.4. The van der Waals surface area contributed by atoms with Crippen molar-refractivity contribution in [2.75, 3.05) is 19.0 Å². The zero-order valence-electron chi connectivity index (χ0n) is 14.0. The van der Waals surface area contributed by atoms with Crippen LogP contribution in [0, 0.1) is 0 Å². The van der Waals surface area contributed by atoms with Gasteiger partial charge in [0.15, 0.2) is 12.3 Å². The molecule has 0 saturated heterocycles. The predicted molar refractivity (Wildman–Crippen MR) is 99.5 cm³/mol.